The minimum absolute atomic E-state index is 0. The van der Waals surface area contributed by atoms with Gasteiger partial charge in [-0.15, -0.1) is 0 Å². The van der Waals surface area contributed by atoms with Crippen LogP contribution in [0.4, 0.5) is 0 Å². The van der Waals surface area contributed by atoms with Gasteiger partial charge in [0.25, 0.3) is 5.78 Å². The van der Waals surface area contributed by atoms with Crippen molar-refractivity contribution in [3.8, 4) is 0 Å². The summed E-state index contributed by atoms with van der Waals surface area (Å²) in [5, 5.41) is 16.3. The van der Waals surface area contributed by atoms with Crippen molar-refractivity contribution >= 4 is 29.3 Å². The molecule has 3 atom stereocenters. The average molecular weight is 331 g/mol. The first-order valence-corrected chi connectivity index (χ1v) is 7.08. The van der Waals surface area contributed by atoms with E-state index in [-0.39, 0.29) is 30.2 Å². The molecule has 9 nitrogen and oxygen atoms in total. The van der Waals surface area contributed by atoms with Crippen LogP contribution in [0.3, 0.4) is 0 Å². The van der Waals surface area contributed by atoms with Crippen molar-refractivity contribution in [2.75, 3.05) is 0 Å². The van der Waals surface area contributed by atoms with E-state index in [1.807, 2.05) is 0 Å². The molecular formula is C14H21NO8. The van der Waals surface area contributed by atoms with Crippen LogP contribution in [0.25, 0.3) is 0 Å². The summed E-state index contributed by atoms with van der Waals surface area (Å²) in [5.41, 5.74) is 5.00. The molecule has 0 saturated heterocycles. The number of ketones is 3. The third-order valence-corrected chi connectivity index (χ3v) is 3.87. The van der Waals surface area contributed by atoms with Crippen molar-refractivity contribution in [1.82, 2.24) is 0 Å². The van der Waals surface area contributed by atoms with E-state index in [1.54, 1.807) is 0 Å². The highest BCUT2D eigenvalue weighted by Crippen LogP contribution is 2.36. The molecule has 0 aromatic rings. The summed E-state index contributed by atoms with van der Waals surface area (Å²) in [6.45, 7) is 0. The highest BCUT2D eigenvalue weighted by atomic mass is 16.4. The zero-order chi connectivity index (χ0) is 16.9. The molecule has 23 heavy (non-hydrogen) atoms. The van der Waals surface area contributed by atoms with Gasteiger partial charge in [-0.2, -0.15) is 0 Å². The number of Topliss-reactive ketones (excluding diaryl/α,β-unsaturated/α-hetero) is 3. The van der Waals surface area contributed by atoms with E-state index in [9.17, 15) is 24.0 Å². The molecule has 2 saturated carbocycles. The maximum atomic E-state index is 11.2. The first-order chi connectivity index (χ1) is 10.3. The van der Waals surface area contributed by atoms with Gasteiger partial charge in [0, 0.05) is 18.3 Å². The maximum absolute atomic E-state index is 11.2. The first kappa shape index (κ1) is 20.9. The van der Waals surface area contributed by atoms with E-state index < -0.39 is 35.3 Å². The number of nitrogens with two attached hydrogens (primary N) is 1. The zero-order valence-corrected chi connectivity index (χ0v) is 12.5. The molecule has 0 amide bonds. The van der Waals surface area contributed by atoms with Gasteiger partial charge in [0.15, 0.2) is 0 Å². The molecule has 0 radical (unpaired) electrons. The number of carboxylic acid groups (broad SMARTS) is 2. The SMILES string of the molecule is N[C@@H](CCC(=O)O)C(=O)O.O.O=C1C(=O)C2CCCCC2C1=O. The number of hydrogen-bond donors (Lipinski definition) is 3. The summed E-state index contributed by atoms with van der Waals surface area (Å²) in [4.78, 5) is 53.2. The first-order valence-electron chi connectivity index (χ1n) is 7.08. The lowest BCUT2D eigenvalue weighted by atomic mass is 9.81. The maximum Gasteiger partial charge on any atom is 0.320 e. The number of carbonyl (C=O) groups is 5. The minimum Gasteiger partial charge on any atom is -0.481 e. The highest BCUT2D eigenvalue weighted by Gasteiger charge is 2.48. The summed E-state index contributed by atoms with van der Waals surface area (Å²) in [7, 11) is 0. The Balaban J connectivity index is 0.000000412. The fourth-order valence-corrected chi connectivity index (χ4v) is 2.62. The molecule has 2 fully saturated rings. The summed E-state index contributed by atoms with van der Waals surface area (Å²) in [5.74, 6) is -4.29. The van der Waals surface area contributed by atoms with Gasteiger partial charge in [-0.05, 0) is 19.3 Å². The van der Waals surface area contributed by atoms with E-state index in [1.165, 1.54) is 0 Å². The standard InChI is InChI=1S/C9H10O3.C5H9NO4.H2O/c10-7-5-3-1-2-4-6(5)8(11)9(7)12;6-3(5(9)10)1-2-4(7)8;/h5-6H,1-4H2;3H,1-2,6H2,(H,7,8)(H,9,10);1H2/t;3-;/m.0./s1. The lowest BCUT2D eigenvalue weighted by molar-refractivity contribution is -0.141. The summed E-state index contributed by atoms with van der Waals surface area (Å²) < 4.78 is 0. The summed E-state index contributed by atoms with van der Waals surface area (Å²) in [6.07, 6.45) is 3.21. The van der Waals surface area contributed by atoms with Crippen molar-refractivity contribution in [2.24, 2.45) is 17.6 Å². The number of rotatable bonds is 4. The Morgan fingerprint density at radius 3 is 1.83 bits per heavy atom. The quantitative estimate of drug-likeness (QED) is 0.545. The van der Waals surface area contributed by atoms with Crippen LogP contribution in [0.1, 0.15) is 38.5 Å². The normalized spacial score (nSPS) is 24.0. The summed E-state index contributed by atoms with van der Waals surface area (Å²) in [6, 6.07) is -1.06. The Morgan fingerprint density at radius 2 is 1.48 bits per heavy atom. The molecule has 2 aliphatic rings. The number of hydrogen-bond acceptors (Lipinski definition) is 6. The van der Waals surface area contributed by atoms with Crippen LogP contribution in [-0.2, 0) is 24.0 Å². The number of carboxylic acids is 2. The molecule has 0 aromatic carbocycles. The van der Waals surface area contributed by atoms with E-state index in [2.05, 4.69) is 0 Å². The van der Waals surface area contributed by atoms with Gasteiger partial charge in [-0.3, -0.25) is 24.0 Å². The van der Waals surface area contributed by atoms with E-state index >= 15 is 0 Å². The fraction of sp³-hybridized carbons (Fsp3) is 0.643. The van der Waals surface area contributed by atoms with Gasteiger partial charge < -0.3 is 21.4 Å². The van der Waals surface area contributed by atoms with Gasteiger partial charge in [-0.25, -0.2) is 0 Å². The van der Waals surface area contributed by atoms with Gasteiger partial charge in [0.2, 0.25) is 11.6 Å². The summed E-state index contributed by atoms with van der Waals surface area (Å²) >= 11 is 0. The molecule has 0 aliphatic heterocycles. The molecule has 0 spiro atoms. The highest BCUT2D eigenvalue weighted by molar-refractivity contribution is 6.68. The van der Waals surface area contributed by atoms with Crippen LogP contribution in [-0.4, -0.2) is 51.0 Å². The minimum atomic E-state index is -1.17. The average Bonchev–Trinajstić information content (AvgIpc) is 2.70. The Bertz CT molecular complexity index is 475. The third-order valence-electron chi connectivity index (χ3n) is 3.87. The second-order valence-electron chi connectivity index (χ2n) is 5.43. The lowest BCUT2D eigenvalue weighted by Crippen LogP contribution is -2.30. The second-order valence-corrected chi connectivity index (χ2v) is 5.43. The Labute approximate surface area is 132 Å². The van der Waals surface area contributed by atoms with Crippen LogP contribution in [0.5, 0.6) is 0 Å². The van der Waals surface area contributed by atoms with Crippen LogP contribution in [0.2, 0.25) is 0 Å². The molecule has 0 aromatic heterocycles. The molecule has 6 N–H and O–H groups in total. The van der Waals surface area contributed by atoms with Crippen LogP contribution in [0, 0.1) is 11.8 Å². The van der Waals surface area contributed by atoms with Crippen molar-refractivity contribution in [1.29, 1.82) is 0 Å². The molecule has 9 heteroatoms. The number of fused-ring (bicyclic) bond motifs is 1. The Hall–Kier alpha value is -2.13. The number of aliphatic carboxylic acids is 2. The third kappa shape index (κ3) is 5.53. The van der Waals surface area contributed by atoms with Crippen molar-refractivity contribution in [3.05, 3.63) is 0 Å². The monoisotopic (exact) mass is 331 g/mol. The largest absolute Gasteiger partial charge is 0.481 e. The van der Waals surface area contributed by atoms with Crippen LogP contribution < -0.4 is 5.73 Å². The molecule has 0 heterocycles. The van der Waals surface area contributed by atoms with Gasteiger partial charge >= 0.3 is 11.9 Å². The van der Waals surface area contributed by atoms with Crippen LogP contribution in [0.15, 0.2) is 0 Å². The topological polar surface area (TPSA) is 183 Å². The van der Waals surface area contributed by atoms with E-state index in [4.69, 9.17) is 15.9 Å². The number of carbonyl (C=O) groups excluding carboxylic acids is 3. The smallest absolute Gasteiger partial charge is 0.320 e. The predicted octanol–water partition coefficient (Wildman–Crippen LogP) is -1.05. The molecule has 0 bridgehead atoms. The van der Waals surface area contributed by atoms with Gasteiger partial charge in [-0.1, -0.05) is 12.8 Å². The predicted molar refractivity (Wildman–Crippen MR) is 76.6 cm³/mol. The Morgan fingerprint density at radius 1 is 1.04 bits per heavy atom. The van der Waals surface area contributed by atoms with Gasteiger partial charge in [0.1, 0.15) is 6.04 Å². The molecule has 130 valence electrons. The molecule has 2 rings (SSSR count). The van der Waals surface area contributed by atoms with Crippen molar-refractivity contribution < 1.29 is 39.7 Å². The Kier molecular flexibility index (Phi) is 8.27. The fourth-order valence-electron chi connectivity index (χ4n) is 2.62. The second kappa shape index (κ2) is 9.11. The van der Waals surface area contributed by atoms with Crippen LogP contribution >= 0.6 is 0 Å². The molecule has 2 unspecified atom stereocenters. The van der Waals surface area contributed by atoms with Crippen molar-refractivity contribution in [3.63, 3.8) is 0 Å². The van der Waals surface area contributed by atoms with Crippen molar-refractivity contribution in [2.45, 2.75) is 44.6 Å². The zero-order valence-electron chi connectivity index (χ0n) is 12.5. The molecule has 2 aliphatic carbocycles. The molecular weight excluding hydrogens is 310 g/mol. The van der Waals surface area contributed by atoms with E-state index in [0.29, 0.717) is 0 Å². The van der Waals surface area contributed by atoms with E-state index in [0.717, 1.165) is 25.7 Å². The van der Waals surface area contributed by atoms with Gasteiger partial charge in [0.05, 0.1) is 0 Å². The lowest BCUT2D eigenvalue weighted by Gasteiger charge is -2.20.